The largest absolute Gasteiger partial charge is 0.271 e. The van der Waals surface area contributed by atoms with Crippen LogP contribution in [0.4, 0.5) is 0 Å². The maximum atomic E-state index is 6.43. The second-order valence-electron chi connectivity index (χ2n) is 4.85. The van der Waals surface area contributed by atoms with Crippen LogP contribution in [0.5, 0.6) is 0 Å². The zero-order valence-corrected chi connectivity index (χ0v) is 14.1. The molecular formula is C15H21ClN4S. The van der Waals surface area contributed by atoms with Gasteiger partial charge in [-0.3, -0.25) is 16.0 Å². The number of hydrogen-bond acceptors (Lipinski definition) is 4. The SMILES string of the molecule is CCc1nn(C)c(CC(NN)c2ccccc2SC)c1Cl. The van der Waals surface area contributed by atoms with Gasteiger partial charge in [-0.1, -0.05) is 36.7 Å². The molecule has 6 heteroatoms. The third kappa shape index (κ3) is 3.43. The van der Waals surface area contributed by atoms with Crippen molar-refractivity contribution in [2.45, 2.75) is 30.7 Å². The zero-order chi connectivity index (χ0) is 15.4. The van der Waals surface area contributed by atoms with E-state index in [0.717, 1.165) is 22.8 Å². The van der Waals surface area contributed by atoms with Gasteiger partial charge in [0.05, 0.1) is 22.5 Å². The van der Waals surface area contributed by atoms with Gasteiger partial charge in [0.15, 0.2) is 0 Å². The first-order chi connectivity index (χ1) is 10.1. The molecule has 2 rings (SSSR count). The summed E-state index contributed by atoms with van der Waals surface area (Å²) in [5.74, 6) is 5.78. The Morgan fingerprint density at radius 1 is 1.43 bits per heavy atom. The monoisotopic (exact) mass is 324 g/mol. The van der Waals surface area contributed by atoms with Crippen LogP contribution in [-0.4, -0.2) is 16.0 Å². The summed E-state index contributed by atoms with van der Waals surface area (Å²) in [6, 6.07) is 8.27. The summed E-state index contributed by atoms with van der Waals surface area (Å²) in [4.78, 5) is 1.22. The van der Waals surface area contributed by atoms with Gasteiger partial charge in [-0.15, -0.1) is 11.8 Å². The molecule has 3 N–H and O–H groups in total. The topological polar surface area (TPSA) is 55.9 Å². The molecule has 0 saturated heterocycles. The quantitative estimate of drug-likeness (QED) is 0.487. The Kier molecular flexibility index (Phi) is 5.70. The van der Waals surface area contributed by atoms with Crippen molar-refractivity contribution in [3.05, 3.63) is 46.2 Å². The zero-order valence-electron chi connectivity index (χ0n) is 12.6. The van der Waals surface area contributed by atoms with Crippen molar-refractivity contribution in [3.63, 3.8) is 0 Å². The molecule has 0 fully saturated rings. The lowest BCUT2D eigenvalue weighted by Gasteiger charge is -2.19. The highest BCUT2D eigenvalue weighted by Gasteiger charge is 2.20. The van der Waals surface area contributed by atoms with Gasteiger partial charge in [-0.25, -0.2) is 0 Å². The summed E-state index contributed by atoms with van der Waals surface area (Å²) in [6.07, 6.45) is 3.60. The van der Waals surface area contributed by atoms with E-state index in [1.807, 2.05) is 23.9 Å². The highest BCUT2D eigenvalue weighted by molar-refractivity contribution is 7.98. The van der Waals surface area contributed by atoms with Crippen molar-refractivity contribution in [1.82, 2.24) is 15.2 Å². The molecule has 0 bridgehead atoms. The van der Waals surface area contributed by atoms with Crippen LogP contribution in [0.15, 0.2) is 29.2 Å². The van der Waals surface area contributed by atoms with E-state index in [1.54, 1.807) is 11.8 Å². The van der Waals surface area contributed by atoms with E-state index in [1.165, 1.54) is 10.5 Å². The van der Waals surface area contributed by atoms with Gasteiger partial charge >= 0.3 is 0 Å². The van der Waals surface area contributed by atoms with E-state index >= 15 is 0 Å². The molecule has 1 atom stereocenters. The molecule has 0 aliphatic heterocycles. The van der Waals surface area contributed by atoms with Crippen LogP contribution < -0.4 is 11.3 Å². The Morgan fingerprint density at radius 2 is 2.14 bits per heavy atom. The number of hydrogen-bond donors (Lipinski definition) is 2. The summed E-state index contributed by atoms with van der Waals surface area (Å²) in [5, 5.41) is 5.21. The van der Waals surface area contributed by atoms with E-state index in [9.17, 15) is 0 Å². The number of aryl methyl sites for hydroxylation is 2. The lowest BCUT2D eigenvalue weighted by molar-refractivity contribution is 0.523. The Bertz CT molecular complexity index is 612. The fourth-order valence-electron chi connectivity index (χ4n) is 2.45. The maximum absolute atomic E-state index is 6.43. The predicted octanol–water partition coefficient (Wildman–Crippen LogP) is 3.10. The van der Waals surface area contributed by atoms with Gasteiger partial charge in [0.1, 0.15) is 0 Å². The third-order valence-electron chi connectivity index (χ3n) is 3.62. The first kappa shape index (κ1) is 16.4. The summed E-state index contributed by atoms with van der Waals surface area (Å²) < 4.78 is 1.85. The lowest BCUT2D eigenvalue weighted by atomic mass is 10.0. The number of nitrogens with one attached hydrogen (secondary N) is 1. The smallest absolute Gasteiger partial charge is 0.0850 e. The van der Waals surface area contributed by atoms with Gasteiger partial charge in [0.2, 0.25) is 0 Å². The molecule has 0 aliphatic rings. The highest BCUT2D eigenvalue weighted by Crippen LogP contribution is 2.30. The molecule has 0 amide bonds. The molecule has 1 heterocycles. The number of rotatable bonds is 6. The number of nitrogens with two attached hydrogens (primary N) is 1. The molecule has 0 spiro atoms. The van der Waals surface area contributed by atoms with Gasteiger partial charge in [0.25, 0.3) is 0 Å². The Labute approximate surface area is 135 Å². The predicted molar refractivity (Wildman–Crippen MR) is 89.6 cm³/mol. The summed E-state index contributed by atoms with van der Waals surface area (Å²) >= 11 is 8.15. The normalized spacial score (nSPS) is 12.6. The fraction of sp³-hybridized carbons (Fsp3) is 0.400. The molecule has 1 aromatic heterocycles. The minimum Gasteiger partial charge on any atom is -0.271 e. The third-order valence-corrected chi connectivity index (χ3v) is 4.86. The molecule has 1 aromatic carbocycles. The van der Waals surface area contributed by atoms with Gasteiger partial charge < -0.3 is 0 Å². The van der Waals surface area contributed by atoms with E-state index < -0.39 is 0 Å². The number of benzene rings is 1. The minimum atomic E-state index is 0.00579. The van der Waals surface area contributed by atoms with Crippen molar-refractivity contribution in [1.29, 1.82) is 0 Å². The van der Waals surface area contributed by atoms with Crippen molar-refractivity contribution < 1.29 is 0 Å². The first-order valence-electron chi connectivity index (χ1n) is 6.91. The molecule has 1 unspecified atom stereocenters. The molecule has 4 nitrogen and oxygen atoms in total. The Morgan fingerprint density at radius 3 is 2.71 bits per heavy atom. The molecular weight excluding hydrogens is 304 g/mol. The van der Waals surface area contributed by atoms with E-state index in [4.69, 9.17) is 17.4 Å². The van der Waals surface area contributed by atoms with Gasteiger partial charge in [-0.2, -0.15) is 5.10 Å². The Balaban J connectivity index is 2.34. The average Bonchev–Trinajstić information content (AvgIpc) is 2.79. The van der Waals surface area contributed by atoms with E-state index in [2.05, 4.69) is 35.8 Å². The number of hydrazine groups is 1. The molecule has 21 heavy (non-hydrogen) atoms. The van der Waals surface area contributed by atoms with Crippen LogP contribution >= 0.6 is 23.4 Å². The van der Waals surface area contributed by atoms with Gasteiger partial charge in [0, 0.05) is 18.4 Å². The standard InChI is InChI=1S/C15H21ClN4S/c1-4-11-15(16)13(20(2)19-11)9-12(18-17)10-7-5-6-8-14(10)21-3/h5-8,12,18H,4,9,17H2,1-3H3. The first-order valence-corrected chi connectivity index (χ1v) is 8.51. The number of nitrogens with zero attached hydrogens (tertiary/aromatic N) is 2. The summed E-state index contributed by atoms with van der Waals surface area (Å²) in [5.41, 5.74) is 6.03. The second kappa shape index (κ2) is 7.31. The van der Waals surface area contributed by atoms with E-state index in [-0.39, 0.29) is 6.04 Å². The van der Waals surface area contributed by atoms with Gasteiger partial charge in [-0.05, 0) is 24.3 Å². The maximum Gasteiger partial charge on any atom is 0.0850 e. The van der Waals surface area contributed by atoms with Crippen molar-refractivity contribution in [2.24, 2.45) is 12.9 Å². The number of aromatic nitrogens is 2. The summed E-state index contributed by atoms with van der Waals surface area (Å²) in [6.45, 7) is 2.06. The minimum absolute atomic E-state index is 0.00579. The average molecular weight is 325 g/mol. The van der Waals surface area contributed by atoms with Crippen LogP contribution in [0.3, 0.4) is 0 Å². The van der Waals surface area contributed by atoms with Crippen LogP contribution in [0.2, 0.25) is 5.02 Å². The fourth-order valence-corrected chi connectivity index (χ4v) is 3.48. The number of halogens is 1. The van der Waals surface area contributed by atoms with Crippen LogP contribution in [-0.2, 0) is 19.9 Å². The molecule has 2 aromatic rings. The second-order valence-corrected chi connectivity index (χ2v) is 6.08. The van der Waals surface area contributed by atoms with Crippen molar-refractivity contribution >= 4 is 23.4 Å². The molecule has 0 saturated carbocycles. The Hall–Kier alpha value is -1.01. The molecule has 0 aliphatic carbocycles. The van der Waals surface area contributed by atoms with Crippen LogP contribution in [0, 0.1) is 0 Å². The number of thioether (sulfide) groups is 1. The van der Waals surface area contributed by atoms with Crippen LogP contribution in [0.1, 0.15) is 29.9 Å². The molecule has 114 valence electrons. The molecule has 0 radical (unpaired) electrons. The van der Waals surface area contributed by atoms with Crippen LogP contribution in [0.25, 0.3) is 0 Å². The van der Waals surface area contributed by atoms with Crippen molar-refractivity contribution in [2.75, 3.05) is 6.26 Å². The summed E-state index contributed by atoms with van der Waals surface area (Å²) in [7, 11) is 1.93. The lowest BCUT2D eigenvalue weighted by Crippen LogP contribution is -2.30. The van der Waals surface area contributed by atoms with Crippen molar-refractivity contribution in [3.8, 4) is 0 Å². The highest BCUT2D eigenvalue weighted by atomic mass is 35.5. The van der Waals surface area contributed by atoms with E-state index in [0.29, 0.717) is 6.42 Å².